The molecule has 5 heteroatoms. The van der Waals surface area contributed by atoms with Crippen molar-refractivity contribution in [3.05, 3.63) is 29.4 Å². The molecule has 0 radical (unpaired) electrons. The molecule has 0 aromatic carbocycles. The van der Waals surface area contributed by atoms with E-state index in [4.69, 9.17) is 11.6 Å². The molecule has 0 unspecified atom stereocenters. The third kappa shape index (κ3) is 2.53. The Bertz CT molecular complexity index is 380. The molecule has 1 aliphatic carbocycles. The monoisotopic (exact) mass is 223 g/mol. The first kappa shape index (κ1) is 10.1. The lowest BCUT2D eigenvalue weighted by Crippen LogP contribution is -2.21. The van der Waals surface area contributed by atoms with Crippen molar-refractivity contribution in [2.75, 3.05) is 5.32 Å². The molecule has 0 atom stereocenters. The molecule has 2 rings (SSSR count). The summed E-state index contributed by atoms with van der Waals surface area (Å²) in [7, 11) is 0. The van der Waals surface area contributed by atoms with Gasteiger partial charge in [0.05, 0.1) is 0 Å². The Morgan fingerprint density at radius 3 is 2.67 bits per heavy atom. The summed E-state index contributed by atoms with van der Waals surface area (Å²) in [6, 6.07) is 3.23. The number of nitrogens with zero attached hydrogens (tertiary/aromatic N) is 2. The van der Waals surface area contributed by atoms with Gasteiger partial charge in [0, 0.05) is 5.92 Å². The fraction of sp³-hybridized carbons (Fsp3) is 0.300. The SMILES string of the molecule is O=C(Nc1ccc(Cl)nn1)C1CC=CC1. The fourth-order valence-electron chi connectivity index (χ4n) is 1.44. The number of nitrogens with one attached hydrogen (secondary N) is 1. The van der Waals surface area contributed by atoms with Crippen LogP contribution in [0.1, 0.15) is 12.8 Å². The zero-order valence-corrected chi connectivity index (χ0v) is 8.74. The van der Waals surface area contributed by atoms with Crippen molar-refractivity contribution in [3.8, 4) is 0 Å². The molecule has 1 heterocycles. The summed E-state index contributed by atoms with van der Waals surface area (Å²) in [6.45, 7) is 0. The van der Waals surface area contributed by atoms with Crippen LogP contribution in [0, 0.1) is 5.92 Å². The number of hydrogen-bond donors (Lipinski definition) is 1. The van der Waals surface area contributed by atoms with Crippen molar-refractivity contribution in [2.45, 2.75) is 12.8 Å². The minimum Gasteiger partial charge on any atom is -0.309 e. The van der Waals surface area contributed by atoms with Gasteiger partial charge in [0.1, 0.15) is 0 Å². The average Bonchev–Trinajstić information content (AvgIpc) is 2.74. The fourth-order valence-corrected chi connectivity index (χ4v) is 1.54. The molecule has 0 spiro atoms. The summed E-state index contributed by atoms with van der Waals surface area (Å²) in [5.41, 5.74) is 0. The number of aromatic nitrogens is 2. The Kier molecular flexibility index (Phi) is 2.97. The molecular weight excluding hydrogens is 214 g/mol. The number of hydrogen-bond acceptors (Lipinski definition) is 3. The summed E-state index contributed by atoms with van der Waals surface area (Å²) in [4.78, 5) is 11.6. The third-order valence-corrected chi connectivity index (χ3v) is 2.46. The molecular formula is C10H10ClN3O. The Labute approximate surface area is 92.3 Å². The van der Waals surface area contributed by atoms with Crippen LogP contribution < -0.4 is 5.32 Å². The number of halogens is 1. The number of carbonyl (C=O) groups excluding carboxylic acids is 1. The Morgan fingerprint density at radius 1 is 1.33 bits per heavy atom. The molecule has 15 heavy (non-hydrogen) atoms. The van der Waals surface area contributed by atoms with Crippen LogP contribution in [-0.2, 0) is 4.79 Å². The Morgan fingerprint density at radius 2 is 2.07 bits per heavy atom. The lowest BCUT2D eigenvalue weighted by molar-refractivity contribution is -0.119. The molecule has 0 bridgehead atoms. The summed E-state index contributed by atoms with van der Waals surface area (Å²) in [5, 5.41) is 10.4. The highest BCUT2D eigenvalue weighted by Gasteiger charge is 2.19. The highest BCUT2D eigenvalue weighted by Crippen LogP contribution is 2.19. The van der Waals surface area contributed by atoms with Crippen LogP contribution in [-0.4, -0.2) is 16.1 Å². The van der Waals surface area contributed by atoms with Gasteiger partial charge in [0.2, 0.25) is 5.91 Å². The number of amides is 1. The first-order valence-corrected chi connectivity index (χ1v) is 5.08. The second kappa shape index (κ2) is 4.40. The maximum atomic E-state index is 11.6. The van der Waals surface area contributed by atoms with E-state index in [0.29, 0.717) is 11.0 Å². The molecule has 1 aliphatic rings. The van der Waals surface area contributed by atoms with Crippen molar-refractivity contribution in [1.29, 1.82) is 0 Å². The van der Waals surface area contributed by atoms with Gasteiger partial charge in [-0.15, -0.1) is 10.2 Å². The molecule has 1 N–H and O–H groups in total. The van der Waals surface area contributed by atoms with Crippen molar-refractivity contribution in [1.82, 2.24) is 10.2 Å². The normalized spacial score (nSPS) is 15.5. The highest BCUT2D eigenvalue weighted by molar-refractivity contribution is 6.29. The molecule has 78 valence electrons. The average molecular weight is 224 g/mol. The summed E-state index contributed by atoms with van der Waals surface area (Å²) < 4.78 is 0. The first-order chi connectivity index (χ1) is 7.25. The van der Waals surface area contributed by atoms with E-state index >= 15 is 0 Å². The second-order valence-corrected chi connectivity index (χ2v) is 3.76. The quantitative estimate of drug-likeness (QED) is 0.781. The van der Waals surface area contributed by atoms with Crippen molar-refractivity contribution >= 4 is 23.3 Å². The van der Waals surface area contributed by atoms with Crippen LogP contribution in [0.15, 0.2) is 24.3 Å². The van der Waals surface area contributed by atoms with E-state index in [9.17, 15) is 4.79 Å². The van der Waals surface area contributed by atoms with E-state index in [1.165, 1.54) is 0 Å². The lowest BCUT2D eigenvalue weighted by atomic mass is 10.1. The lowest BCUT2D eigenvalue weighted by Gasteiger charge is -2.08. The molecule has 1 aromatic rings. The van der Waals surface area contributed by atoms with Crippen LogP contribution in [0.25, 0.3) is 0 Å². The largest absolute Gasteiger partial charge is 0.309 e. The number of rotatable bonds is 2. The van der Waals surface area contributed by atoms with Gasteiger partial charge in [-0.3, -0.25) is 4.79 Å². The van der Waals surface area contributed by atoms with Gasteiger partial charge in [-0.2, -0.15) is 0 Å². The Balaban J connectivity index is 1.96. The predicted molar refractivity (Wildman–Crippen MR) is 57.5 cm³/mol. The van der Waals surface area contributed by atoms with E-state index < -0.39 is 0 Å². The van der Waals surface area contributed by atoms with Gasteiger partial charge < -0.3 is 5.32 Å². The summed E-state index contributed by atoms with van der Waals surface area (Å²) in [5.74, 6) is 0.454. The third-order valence-electron chi connectivity index (χ3n) is 2.26. The van der Waals surface area contributed by atoms with Gasteiger partial charge >= 0.3 is 0 Å². The topological polar surface area (TPSA) is 54.9 Å². The molecule has 0 saturated carbocycles. The molecule has 1 amide bonds. The van der Waals surface area contributed by atoms with E-state index in [1.54, 1.807) is 12.1 Å². The van der Waals surface area contributed by atoms with Gasteiger partial charge in [0.25, 0.3) is 0 Å². The van der Waals surface area contributed by atoms with Crippen LogP contribution in [0.5, 0.6) is 0 Å². The van der Waals surface area contributed by atoms with Gasteiger partial charge in [-0.25, -0.2) is 0 Å². The molecule has 0 fully saturated rings. The van der Waals surface area contributed by atoms with Crippen LogP contribution in [0.2, 0.25) is 5.15 Å². The van der Waals surface area contributed by atoms with Gasteiger partial charge in [-0.05, 0) is 25.0 Å². The van der Waals surface area contributed by atoms with Crippen molar-refractivity contribution < 1.29 is 4.79 Å². The highest BCUT2D eigenvalue weighted by atomic mass is 35.5. The van der Waals surface area contributed by atoms with Gasteiger partial charge in [0.15, 0.2) is 11.0 Å². The summed E-state index contributed by atoms with van der Waals surface area (Å²) >= 11 is 5.58. The van der Waals surface area contributed by atoms with Crippen molar-refractivity contribution in [3.63, 3.8) is 0 Å². The summed E-state index contributed by atoms with van der Waals surface area (Å²) in [6.07, 6.45) is 5.62. The minimum atomic E-state index is -0.0170. The maximum Gasteiger partial charge on any atom is 0.229 e. The van der Waals surface area contributed by atoms with E-state index in [1.807, 2.05) is 12.2 Å². The minimum absolute atomic E-state index is 0.0170. The number of allylic oxidation sites excluding steroid dienone is 2. The van der Waals surface area contributed by atoms with E-state index in [2.05, 4.69) is 15.5 Å². The van der Waals surface area contributed by atoms with Crippen LogP contribution >= 0.6 is 11.6 Å². The van der Waals surface area contributed by atoms with E-state index in [-0.39, 0.29) is 11.8 Å². The standard InChI is InChI=1S/C10H10ClN3O/c11-8-5-6-9(14-13-8)12-10(15)7-3-1-2-4-7/h1-2,5-7H,3-4H2,(H,12,14,15). The van der Waals surface area contributed by atoms with Gasteiger partial charge in [-0.1, -0.05) is 23.8 Å². The molecule has 0 saturated heterocycles. The van der Waals surface area contributed by atoms with Crippen molar-refractivity contribution in [2.24, 2.45) is 5.92 Å². The number of carbonyl (C=O) groups is 1. The molecule has 4 nitrogen and oxygen atoms in total. The smallest absolute Gasteiger partial charge is 0.229 e. The van der Waals surface area contributed by atoms with E-state index in [0.717, 1.165) is 12.8 Å². The molecule has 0 aliphatic heterocycles. The van der Waals surface area contributed by atoms with Crippen LogP contribution in [0.3, 0.4) is 0 Å². The zero-order valence-electron chi connectivity index (χ0n) is 7.98. The Hall–Kier alpha value is -1.42. The molecule has 1 aromatic heterocycles. The van der Waals surface area contributed by atoms with Crippen LogP contribution in [0.4, 0.5) is 5.82 Å². The zero-order chi connectivity index (χ0) is 10.7. The predicted octanol–water partition coefficient (Wildman–Crippen LogP) is 2.03. The first-order valence-electron chi connectivity index (χ1n) is 4.71. The maximum absolute atomic E-state index is 11.6. The second-order valence-electron chi connectivity index (χ2n) is 3.37. The number of anilines is 1.